The van der Waals surface area contributed by atoms with Crippen LogP contribution in [0.4, 0.5) is 14.5 Å². The van der Waals surface area contributed by atoms with Gasteiger partial charge in [0.15, 0.2) is 0 Å². The molecule has 2 heterocycles. The molecule has 0 aliphatic carbocycles. The number of hydrogen-bond donors (Lipinski definition) is 1. The minimum absolute atomic E-state index is 0.138. The average molecular weight is 413 g/mol. The van der Waals surface area contributed by atoms with Gasteiger partial charge in [-0.15, -0.1) is 11.3 Å². The van der Waals surface area contributed by atoms with Crippen LogP contribution in [0.2, 0.25) is 0 Å². The lowest BCUT2D eigenvalue weighted by molar-refractivity contribution is -0.117. The number of halogens is 2. The summed E-state index contributed by atoms with van der Waals surface area (Å²) in [5.74, 6) is -2.75. The van der Waals surface area contributed by atoms with Crippen LogP contribution in [0.3, 0.4) is 0 Å². The van der Waals surface area contributed by atoms with Crippen LogP contribution in [-0.4, -0.2) is 42.4 Å². The number of carbonyl (C=O) groups excluding carboxylic acids is 1. The van der Waals surface area contributed by atoms with Crippen LogP contribution in [0.15, 0.2) is 46.7 Å². The zero-order valence-electron chi connectivity index (χ0n) is 14.8. The van der Waals surface area contributed by atoms with Crippen molar-refractivity contribution < 1.29 is 18.3 Å². The minimum Gasteiger partial charge on any atom is -0.377 e. The third-order valence-electron chi connectivity index (χ3n) is 4.19. The minimum atomic E-state index is -2.53. The van der Waals surface area contributed by atoms with E-state index in [9.17, 15) is 13.6 Å². The first-order valence-corrected chi connectivity index (χ1v) is 10.6. The molecule has 1 saturated heterocycles. The zero-order valence-corrected chi connectivity index (χ0v) is 16.4. The van der Waals surface area contributed by atoms with Gasteiger partial charge in [0.25, 0.3) is 5.76 Å². The van der Waals surface area contributed by atoms with Gasteiger partial charge < -0.3 is 10.1 Å². The van der Waals surface area contributed by atoms with Gasteiger partial charge in [0, 0.05) is 29.5 Å². The van der Waals surface area contributed by atoms with Crippen molar-refractivity contribution in [3.8, 4) is 0 Å². The van der Waals surface area contributed by atoms with E-state index < -0.39 is 5.76 Å². The molecule has 3 rings (SSSR count). The topological polar surface area (TPSA) is 41.6 Å². The van der Waals surface area contributed by atoms with Crippen molar-refractivity contribution in [2.24, 2.45) is 0 Å². The first-order valence-electron chi connectivity index (χ1n) is 8.80. The molecule has 1 unspecified atom stereocenters. The van der Waals surface area contributed by atoms with Gasteiger partial charge >= 0.3 is 0 Å². The lowest BCUT2D eigenvalue weighted by Gasteiger charge is -2.24. The molecule has 1 atom stereocenters. The van der Waals surface area contributed by atoms with Crippen molar-refractivity contribution in [3.63, 3.8) is 0 Å². The average Bonchev–Trinajstić information content (AvgIpc) is 3.30. The summed E-state index contributed by atoms with van der Waals surface area (Å²) in [6, 6.07) is 10.7. The molecule has 146 valence electrons. The van der Waals surface area contributed by atoms with Crippen LogP contribution in [0.25, 0.3) is 0 Å². The predicted molar refractivity (Wildman–Crippen MR) is 106 cm³/mol. The van der Waals surface area contributed by atoms with Crippen molar-refractivity contribution in [1.29, 1.82) is 0 Å². The van der Waals surface area contributed by atoms with Gasteiger partial charge in [-0.2, -0.15) is 8.78 Å². The number of hydrogen-bond acceptors (Lipinski definition) is 5. The Morgan fingerprint density at radius 3 is 2.89 bits per heavy atom. The number of benzene rings is 1. The number of amides is 1. The molecule has 1 fully saturated rings. The second kappa shape index (κ2) is 10.2. The molecule has 4 nitrogen and oxygen atoms in total. The number of alkyl halides is 2. The van der Waals surface area contributed by atoms with E-state index in [2.05, 4.69) is 10.2 Å². The molecule has 0 saturated carbocycles. The molecule has 8 heteroatoms. The fourth-order valence-electron chi connectivity index (χ4n) is 3.05. The lowest BCUT2D eigenvalue weighted by Crippen LogP contribution is -2.37. The molecular formula is C19H22F2N2O2S2. The quantitative estimate of drug-likeness (QED) is 0.607. The highest BCUT2D eigenvalue weighted by Gasteiger charge is 2.22. The summed E-state index contributed by atoms with van der Waals surface area (Å²) < 4.78 is 31.1. The Hall–Kier alpha value is -1.48. The zero-order chi connectivity index (χ0) is 19.1. The van der Waals surface area contributed by atoms with E-state index in [0.29, 0.717) is 35.4 Å². The van der Waals surface area contributed by atoms with Crippen molar-refractivity contribution >= 4 is 34.7 Å². The van der Waals surface area contributed by atoms with Gasteiger partial charge in [-0.05, 0) is 36.4 Å². The van der Waals surface area contributed by atoms with E-state index in [0.717, 1.165) is 19.4 Å². The number of thioether (sulfide) groups is 1. The molecular weight excluding hydrogens is 390 g/mol. The van der Waals surface area contributed by atoms with Gasteiger partial charge in [0.05, 0.1) is 18.3 Å². The number of thiophene rings is 1. The van der Waals surface area contributed by atoms with Gasteiger partial charge in [-0.25, -0.2) is 0 Å². The third kappa shape index (κ3) is 6.57. The maximum Gasteiger partial charge on any atom is 0.288 e. The molecule has 1 amide bonds. The van der Waals surface area contributed by atoms with E-state index in [1.165, 1.54) is 4.88 Å². The van der Waals surface area contributed by atoms with Gasteiger partial charge in [0.1, 0.15) is 0 Å². The molecule has 0 bridgehead atoms. The monoisotopic (exact) mass is 412 g/mol. The van der Waals surface area contributed by atoms with Gasteiger partial charge in [-0.1, -0.05) is 30.0 Å². The highest BCUT2D eigenvalue weighted by molar-refractivity contribution is 7.99. The summed E-state index contributed by atoms with van der Waals surface area (Å²) in [5, 5.41) is 4.79. The maximum atomic E-state index is 12.7. The Kier molecular flexibility index (Phi) is 7.63. The number of nitrogens with one attached hydrogen (secondary N) is 1. The summed E-state index contributed by atoms with van der Waals surface area (Å²) >= 11 is 2.08. The molecule has 0 spiro atoms. The molecule has 1 aliphatic heterocycles. The standard InChI is InChI=1S/C19H22F2N2O2S2/c20-19(21)27-17-8-2-1-7-16(17)22-18(24)13-23(11-14-5-3-9-25-14)12-15-6-4-10-26-15/h1-2,4,6-8,10,14,19H,3,5,9,11-13H2,(H,22,24). The summed E-state index contributed by atoms with van der Waals surface area (Å²) in [5.41, 5.74) is 0.418. The summed E-state index contributed by atoms with van der Waals surface area (Å²) in [6.45, 7) is 2.30. The van der Waals surface area contributed by atoms with Crippen molar-refractivity contribution in [2.45, 2.75) is 36.1 Å². The Morgan fingerprint density at radius 1 is 1.33 bits per heavy atom. The van der Waals surface area contributed by atoms with E-state index in [1.54, 1.807) is 35.6 Å². The van der Waals surface area contributed by atoms with E-state index in [-0.39, 0.29) is 18.6 Å². The molecule has 1 aromatic heterocycles. The first-order chi connectivity index (χ1) is 13.1. The van der Waals surface area contributed by atoms with Gasteiger partial charge in [0.2, 0.25) is 5.91 Å². The van der Waals surface area contributed by atoms with Crippen LogP contribution in [0.1, 0.15) is 17.7 Å². The Morgan fingerprint density at radius 2 is 2.19 bits per heavy atom. The first kappa shape index (κ1) is 20.3. The van der Waals surface area contributed by atoms with Crippen LogP contribution in [0.5, 0.6) is 0 Å². The fraction of sp³-hybridized carbons (Fsp3) is 0.421. The molecule has 1 aromatic carbocycles. The third-order valence-corrected chi connectivity index (χ3v) is 5.84. The van der Waals surface area contributed by atoms with Crippen LogP contribution < -0.4 is 5.32 Å². The van der Waals surface area contributed by atoms with Gasteiger partial charge in [-0.3, -0.25) is 9.69 Å². The van der Waals surface area contributed by atoms with E-state index >= 15 is 0 Å². The normalized spacial score (nSPS) is 17.0. The molecule has 1 N–H and O–H groups in total. The molecule has 1 aliphatic rings. The van der Waals surface area contributed by atoms with Crippen LogP contribution >= 0.6 is 23.1 Å². The van der Waals surface area contributed by atoms with Crippen molar-refractivity contribution in [2.75, 3.05) is 25.0 Å². The summed E-state index contributed by atoms with van der Waals surface area (Å²) in [4.78, 5) is 16.2. The van der Waals surface area contributed by atoms with Crippen molar-refractivity contribution in [3.05, 3.63) is 46.7 Å². The van der Waals surface area contributed by atoms with E-state index in [4.69, 9.17) is 4.74 Å². The number of nitrogens with zero attached hydrogens (tertiary/aromatic N) is 1. The maximum absolute atomic E-state index is 12.7. The number of carbonyl (C=O) groups is 1. The Bertz CT molecular complexity index is 722. The highest BCUT2D eigenvalue weighted by Crippen LogP contribution is 2.31. The largest absolute Gasteiger partial charge is 0.377 e. The highest BCUT2D eigenvalue weighted by atomic mass is 32.2. The van der Waals surface area contributed by atoms with Crippen LogP contribution in [0, 0.1) is 0 Å². The number of para-hydroxylation sites is 1. The van der Waals surface area contributed by atoms with E-state index in [1.807, 2.05) is 17.5 Å². The fourth-order valence-corrected chi connectivity index (χ4v) is 4.39. The summed E-state index contributed by atoms with van der Waals surface area (Å²) in [6.07, 6.45) is 2.18. The molecule has 2 aromatic rings. The smallest absolute Gasteiger partial charge is 0.288 e. The number of rotatable bonds is 9. The second-order valence-corrected chi connectivity index (χ2v) is 8.37. The van der Waals surface area contributed by atoms with Crippen molar-refractivity contribution in [1.82, 2.24) is 4.90 Å². The predicted octanol–water partition coefficient (Wildman–Crippen LogP) is 4.68. The SMILES string of the molecule is O=C(CN(Cc1cccs1)CC1CCCO1)Nc1ccccc1SC(F)F. The Balaban J connectivity index is 1.63. The molecule has 0 radical (unpaired) electrons. The van der Waals surface area contributed by atoms with Crippen LogP contribution in [-0.2, 0) is 16.1 Å². The lowest BCUT2D eigenvalue weighted by atomic mass is 10.2. The number of ether oxygens (including phenoxy) is 1. The Labute approximate surface area is 165 Å². The summed E-state index contributed by atoms with van der Waals surface area (Å²) in [7, 11) is 0. The second-order valence-electron chi connectivity index (χ2n) is 6.31. The molecule has 27 heavy (non-hydrogen) atoms. The number of anilines is 1.